The summed E-state index contributed by atoms with van der Waals surface area (Å²) in [4.78, 5) is 17.9. The maximum absolute atomic E-state index is 10.9. The molecule has 0 aliphatic heterocycles. The highest BCUT2D eigenvalue weighted by Gasteiger charge is 1.97. The Morgan fingerprint density at radius 2 is 2.31 bits per heavy atom. The molecule has 0 radical (unpaired) electrons. The molecular weight excluding hydrogens is 222 g/mol. The van der Waals surface area contributed by atoms with Crippen molar-refractivity contribution in [3.8, 4) is 0 Å². The van der Waals surface area contributed by atoms with E-state index in [0.717, 1.165) is 17.0 Å². The number of nitrogens with one attached hydrogen (secondary N) is 2. The Labute approximate surface area is 97.4 Å². The molecule has 84 valence electrons. The largest absolute Gasteiger partial charge is 0.315 e. The minimum atomic E-state index is -0.00902. The molecule has 0 atom stereocenters. The van der Waals surface area contributed by atoms with E-state index >= 15 is 0 Å². The SMILES string of the molecule is Cc1ccc(CNCc2csc(=O)[nH]2)nc1. The van der Waals surface area contributed by atoms with Gasteiger partial charge in [0.2, 0.25) is 0 Å². The van der Waals surface area contributed by atoms with Crippen LogP contribution in [0, 0.1) is 6.92 Å². The van der Waals surface area contributed by atoms with E-state index in [1.807, 2.05) is 30.6 Å². The zero-order chi connectivity index (χ0) is 11.4. The van der Waals surface area contributed by atoms with Crippen LogP contribution in [0.4, 0.5) is 0 Å². The summed E-state index contributed by atoms with van der Waals surface area (Å²) >= 11 is 1.19. The van der Waals surface area contributed by atoms with E-state index in [2.05, 4.69) is 15.3 Å². The van der Waals surface area contributed by atoms with Gasteiger partial charge in [-0.3, -0.25) is 9.78 Å². The first kappa shape index (κ1) is 11.0. The van der Waals surface area contributed by atoms with Crippen LogP contribution >= 0.6 is 11.3 Å². The van der Waals surface area contributed by atoms with Crippen LogP contribution in [0.15, 0.2) is 28.5 Å². The Morgan fingerprint density at radius 1 is 1.44 bits per heavy atom. The van der Waals surface area contributed by atoms with Crippen molar-refractivity contribution in [1.82, 2.24) is 15.3 Å². The Morgan fingerprint density at radius 3 is 2.94 bits per heavy atom. The number of rotatable bonds is 4. The van der Waals surface area contributed by atoms with Gasteiger partial charge in [-0.1, -0.05) is 17.4 Å². The van der Waals surface area contributed by atoms with Crippen LogP contribution in [-0.4, -0.2) is 9.97 Å². The molecule has 0 bridgehead atoms. The number of aryl methyl sites for hydroxylation is 1. The molecule has 0 spiro atoms. The lowest BCUT2D eigenvalue weighted by Crippen LogP contribution is -2.14. The average molecular weight is 235 g/mol. The smallest absolute Gasteiger partial charge is 0.304 e. The first-order valence-corrected chi connectivity index (χ1v) is 5.91. The van der Waals surface area contributed by atoms with E-state index in [4.69, 9.17) is 0 Å². The van der Waals surface area contributed by atoms with E-state index in [-0.39, 0.29) is 4.87 Å². The van der Waals surface area contributed by atoms with E-state index in [1.54, 1.807) is 0 Å². The molecule has 0 fully saturated rings. The van der Waals surface area contributed by atoms with Crippen LogP contribution in [0.1, 0.15) is 17.0 Å². The van der Waals surface area contributed by atoms with Gasteiger partial charge in [-0.15, -0.1) is 0 Å². The number of thiazole rings is 1. The fraction of sp³-hybridized carbons (Fsp3) is 0.273. The number of hydrogen-bond acceptors (Lipinski definition) is 4. The Kier molecular flexibility index (Phi) is 3.48. The van der Waals surface area contributed by atoms with Crippen molar-refractivity contribution in [3.05, 3.63) is 50.3 Å². The quantitative estimate of drug-likeness (QED) is 0.843. The second-order valence-electron chi connectivity index (χ2n) is 3.60. The van der Waals surface area contributed by atoms with E-state index in [0.29, 0.717) is 13.1 Å². The number of nitrogens with zero attached hydrogens (tertiary/aromatic N) is 1. The van der Waals surface area contributed by atoms with Crippen LogP contribution in [0.3, 0.4) is 0 Å². The average Bonchev–Trinajstić information content (AvgIpc) is 2.67. The summed E-state index contributed by atoms with van der Waals surface area (Å²) in [5, 5.41) is 5.06. The monoisotopic (exact) mass is 235 g/mol. The molecule has 0 aromatic carbocycles. The van der Waals surface area contributed by atoms with E-state index in [9.17, 15) is 4.79 Å². The van der Waals surface area contributed by atoms with E-state index < -0.39 is 0 Å². The summed E-state index contributed by atoms with van der Waals surface area (Å²) in [6.45, 7) is 3.38. The van der Waals surface area contributed by atoms with Crippen molar-refractivity contribution in [1.29, 1.82) is 0 Å². The van der Waals surface area contributed by atoms with Gasteiger partial charge in [-0.25, -0.2) is 0 Å². The van der Waals surface area contributed by atoms with Crippen molar-refractivity contribution < 1.29 is 0 Å². The van der Waals surface area contributed by atoms with Gasteiger partial charge in [0, 0.05) is 30.4 Å². The van der Waals surface area contributed by atoms with E-state index in [1.165, 1.54) is 11.3 Å². The van der Waals surface area contributed by atoms with Crippen LogP contribution < -0.4 is 10.2 Å². The zero-order valence-corrected chi connectivity index (χ0v) is 9.80. The summed E-state index contributed by atoms with van der Waals surface area (Å²) in [5.41, 5.74) is 3.08. The third-order valence-corrected chi connectivity index (χ3v) is 2.88. The summed E-state index contributed by atoms with van der Waals surface area (Å²) < 4.78 is 0. The van der Waals surface area contributed by atoms with Crippen molar-refractivity contribution in [2.24, 2.45) is 0 Å². The maximum atomic E-state index is 10.9. The molecule has 0 aliphatic rings. The number of aromatic amines is 1. The number of hydrogen-bond donors (Lipinski definition) is 2. The lowest BCUT2D eigenvalue weighted by Gasteiger charge is -2.02. The molecule has 5 heteroatoms. The van der Waals surface area contributed by atoms with Crippen molar-refractivity contribution >= 4 is 11.3 Å². The van der Waals surface area contributed by atoms with Crippen molar-refractivity contribution in [2.45, 2.75) is 20.0 Å². The molecule has 2 aromatic rings. The Hall–Kier alpha value is -1.46. The first-order chi connectivity index (χ1) is 7.74. The standard InChI is InChI=1S/C11H13N3OS/c1-8-2-3-9(13-4-8)5-12-6-10-7-16-11(15)14-10/h2-4,7,12H,5-6H2,1H3,(H,14,15). The number of aromatic nitrogens is 2. The van der Waals surface area contributed by atoms with Crippen LogP contribution in [-0.2, 0) is 13.1 Å². The van der Waals surface area contributed by atoms with Crippen molar-refractivity contribution in [2.75, 3.05) is 0 Å². The van der Waals surface area contributed by atoms with Gasteiger partial charge in [0.1, 0.15) is 0 Å². The van der Waals surface area contributed by atoms with Crippen LogP contribution in [0.25, 0.3) is 0 Å². The summed E-state index contributed by atoms with van der Waals surface area (Å²) in [5.74, 6) is 0. The third-order valence-electron chi connectivity index (χ3n) is 2.17. The molecule has 2 N–H and O–H groups in total. The van der Waals surface area contributed by atoms with Crippen LogP contribution in [0.5, 0.6) is 0 Å². The predicted molar refractivity (Wildman–Crippen MR) is 64.5 cm³/mol. The molecular formula is C11H13N3OS. The Balaban J connectivity index is 1.84. The lowest BCUT2D eigenvalue weighted by atomic mass is 10.3. The molecule has 0 aliphatic carbocycles. The van der Waals surface area contributed by atoms with Gasteiger partial charge >= 0.3 is 4.87 Å². The predicted octanol–water partition coefficient (Wildman–Crippen LogP) is 1.43. The fourth-order valence-electron chi connectivity index (χ4n) is 1.33. The van der Waals surface area contributed by atoms with Gasteiger partial charge in [0.05, 0.1) is 5.69 Å². The molecule has 2 heterocycles. The number of pyridine rings is 1. The summed E-state index contributed by atoms with van der Waals surface area (Å²) in [7, 11) is 0. The fourth-order valence-corrected chi connectivity index (χ4v) is 1.91. The maximum Gasteiger partial charge on any atom is 0.304 e. The van der Waals surface area contributed by atoms with Gasteiger partial charge < -0.3 is 10.3 Å². The third kappa shape index (κ3) is 3.01. The topological polar surface area (TPSA) is 57.8 Å². The number of H-pyrrole nitrogens is 1. The van der Waals surface area contributed by atoms with Gasteiger partial charge in [-0.05, 0) is 18.6 Å². The van der Waals surface area contributed by atoms with Crippen molar-refractivity contribution in [3.63, 3.8) is 0 Å². The van der Waals surface area contributed by atoms with Gasteiger partial charge in [0.15, 0.2) is 0 Å². The molecule has 16 heavy (non-hydrogen) atoms. The highest BCUT2D eigenvalue weighted by molar-refractivity contribution is 7.07. The van der Waals surface area contributed by atoms with Crippen LogP contribution in [0.2, 0.25) is 0 Å². The first-order valence-electron chi connectivity index (χ1n) is 5.03. The zero-order valence-electron chi connectivity index (χ0n) is 8.99. The van der Waals surface area contributed by atoms with Gasteiger partial charge in [-0.2, -0.15) is 0 Å². The highest BCUT2D eigenvalue weighted by Crippen LogP contribution is 1.99. The molecule has 2 rings (SSSR count). The summed E-state index contributed by atoms with van der Waals surface area (Å²) in [6.07, 6.45) is 1.85. The minimum absolute atomic E-state index is 0.00902. The molecule has 4 nitrogen and oxygen atoms in total. The second-order valence-corrected chi connectivity index (χ2v) is 4.45. The summed E-state index contributed by atoms with van der Waals surface area (Å²) in [6, 6.07) is 4.04. The van der Waals surface area contributed by atoms with Gasteiger partial charge in [0.25, 0.3) is 0 Å². The normalized spacial score (nSPS) is 10.6. The minimum Gasteiger partial charge on any atom is -0.315 e. The molecule has 0 saturated heterocycles. The Bertz CT molecular complexity index is 500. The molecule has 0 saturated carbocycles. The molecule has 0 unspecified atom stereocenters. The molecule has 0 amide bonds. The highest BCUT2D eigenvalue weighted by atomic mass is 32.1. The second kappa shape index (κ2) is 5.05. The molecule has 2 aromatic heterocycles. The lowest BCUT2D eigenvalue weighted by molar-refractivity contribution is 0.669.